The second kappa shape index (κ2) is 7.46. The maximum atomic E-state index is 12.3. The van der Waals surface area contributed by atoms with E-state index < -0.39 is 0 Å². The SMILES string of the molecule is COc1ccccc1C(C)N(C)C(=O)CCNC(C)(C)C. The Morgan fingerprint density at radius 1 is 1.33 bits per heavy atom. The fourth-order valence-electron chi connectivity index (χ4n) is 2.16. The van der Waals surface area contributed by atoms with Crippen molar-refractivity contribution < 1.29 is 9.53 Å². The Labute approximate surface area is 128 Å². The molecule has 21 heavy (non-hydrogen) atoms. The molecule has 0 aliphatic heterocycles. The predicted molar refractivity (Wildman–Crippen MR) is 86.6 cm³/mol. The van der Waals surface area contributed by atoms with Gasteiger partial charge < -0.3 is 15.0 Å². The molecule has 0 aliphatic carbocycles. The second-order valence-corrected chi connectivity index (χ2v) is 6.35. The van der Waals surface area contributed by atoms with E-state index >= 15 is 0 Å². The molecule has 1 unspecified atom stereocenters. The summed E-state index contributed by atoms with van der Waals surface area (Å²) in [5.74, 6) is 0.947. The number of ether oxygens (including phenoxy) is 1. The van der Waals surface area contributed by atoms with Crippen molar-refractivity contribution in [1.82, 2.24) is 10.2 Å². The first kappa shape index (κ1) is 17.5. The van der Waals surface area contributed by atoms with Gasteiger partial charge >= 0.3 is 0 Å². The summed E-state index contributed by atoms with van der Waals surface area (Å²) >= 11 is 0. The number of hydrogen-bond donors (Lipinski definition) is 1. The standard InChI is InChI=1S/C17H28N2O2/c1-13(14-9-7-8-10-15(14)21-6)19(5)16(20)11-12-18-17(2,3)4/h7-10,13,18H,11-12H2,1-6H3. The second-order valence-electron chi connectivity index (χ2n) is 6.35. The molecule has 0 heterocycles. The van der Waals surface area contributed by atoms with Crippen molar-refractivity contribution in [2.75, 3.05) is 20.7 Å². The minimum absolute atomic E-state index is 0.0108. The number of hydrogen-bond acceptors (Lipinski definition) is 3. The zero-order chi connectivity index (χ0) is 16.0. The molecule has 118 valence electrons. The van der Waals surface area contributed by atoms with Crippen molar-refractivity contribution in [3.8, 4) is 5.75 Å². The molecule has 0 fully saturated rings. The smallest absolute Gasteiger partial charge is 0.224 e. The van der Waals surface area contributed by atoms with Crippen LogP contribution in [0.2, 0.25) is 0 Å². The average molecular weight is 292 g/mol. The lowest BCUT2D eigenvalue weighted by molar-refractivity contribution is -0.131. The number of carbonyl (C=O) groups excluding carboxylic acids is 1. The molecule has 0 bridgehead atoms. The molecule has 1 N–H and O–H groups in total. The van der Waals surface area contributed by atoms with Gasteiger partial charge in [0.1, 0.15) is 5.75 Å². The zero-order valence-corrected chi connectivity index (χ0v) is 14.1. The van der Waals surface area contributed by atoms with E-state index in [4.69, 9.17) is 4.74 Å². The zero-order valence-electron chi connectivity index (χ0n) is 14.1. The third-order valence-electron chi connectivity index (χ3n) is 3.56. The van der Waals surface area contributed by atoms with Crippen LogP contribution < -0.4 is 10.1 Å². The Morgan fingerprint density at radius 3 is 2.52 bits per heavy atom. The van der Waals surface area contributed by atoms with Crippen molar-refractivity contribution >= 4 is 5.91 Å². The van der Waals surface area contributed by atoms with E-state index in [1.54, 1.807) is 12.0 Å². The Morgan fingerprint density at radius 2 is 1.95 bits per heavy atom. The molecule has 0 saturated heterocycles. The van der Waals surface area contributed by atoms with Crippen molar-refractivity contribution in [3.05, 3.63) is 29.8 Å². The van der Waals surface area contributed by atoms with Crippen LogP contribution in [0.25, 0.3) is 0 Å². The third-order valence-corrected chi connectivity index (χ3v) is 3.56. The van der Waals surface area contributed by atoms with Crippen LogP contribution in [0.5, 0.6) is 5.75 Å². The fourth-order valence-corrected chi connectivity index (χ4v) is 2.16. The molecule has 0 saturated carbocycles. The Kier molecular flexibility index (Phi) is 6.21. The molecular weight excluding hydrogens is 264 g/mol. The van der Waals surface area contributed by atoms with E-state index in [0.29, 0.717) is 13.0 Å². The highest BCUT2D eigenvalue weighted by Gasteiger charge is 2.20. The first-order chi connectivity index (χ1) is 9.76. The van der Waals surface area contributed by atoms with Crippen molar-refractivity contribution in [2.45, 2.75) is 45.7 Å². The van der Waals surface area contributed by atoms with Gasteiger partial charge in [0.25, 0.3) is 0 Å². The predicted octanol–water partition coefficient (Wildman–Crippen LogP) is 2.99. The van der Waals surface area contributed by atoms with E-state index in [9.17, 15) is 4.79 Å². The molecule has 4 nitrogen and oxygen atoms in total. The highest BCUT2D eigenvalue weighted by atomic mass is 16.5. The molecular formula is C17H28N2O2. The lowest BCUT2D eigenvalue weighted by Gasteiger charge is -2.27. The van der Waals surface area contributed by atoms with Crippen LogP contribution >= 0.6 is 0 Å². The van der Waals surface area contributed by atoms with Crippen LogP contribution in [-0.2, 0) is 4.79 Å². The number of rotatable bonds is 6. The van der Waals surface area contributed by atoms with Gasteiger partial charge in [-0.05, 0) is 33.8 Å². The van der Waals surface area contributed by atoms with E-state index in [0.717, 1.165) is 11.3 Å². The topological polar surface area (TPSA) is 41.6 Å². The summed E-state index contributed by atoms with van der Waals surface area (Å²) in [5, 5.41) is 3.34. The van der Waals surface area contributed by atoms with Crippen LogP contribution in [0.1, 0.15) is 45.7 Å². The molecule has 1 amide bonds. The number of methoxy groups -OCH3 is 1. The van der Waals surface area contributed by atoms with Gasteiger partial charge in [0, 0.05) is 31.1 Å². The van der Waals surface area contributed by atoms with Crippen LogP contribution in [0.4, 0.5) is 0 Å². The Hall–Kier alpha value is -1.55. The van der Waals surface area contributed by atoms with Crippen molar-refractivity contribution in [3.63, 3.8) is 0 Å². The first-order valence-electron chi connectivity index (χ1n) is 7.40. The minimum Gasteiger partial charge on any atom is -0.496 e. The van der Waals surface area contributed by atoms with Gasteiger partial charge in [0.15, 0.2) is 0 Å². The van der Waals surface area contributed by atoms with E-state index in [1.165, 1.54) is 0 Å². The fraction of sp³-hybridized carbons (Fsp3) is 0.588. The summed E-state index contributed by atoms with van der Waals surface area (Å²) in [6.45, 7) is 8.99. The Balaban J connectivity index is 2.65. The molecule has 1 aromatic rings. The van der Waals surface area contributed by atoms with Gasteiger partial charge in [-0.3, -0.25) is 4.79 Å². The summed E-state index contributed by atoms with van der Waals surface area (Å²) < 4.78 is 5.37. The van der Waals surface area contributed by atoms with Crippen molar-refractivity contribution in [1.29, 1.82) is 0 Å². The lowest BCUT2D eigenvalue weighted by Crippen LogP contribution is -2.39. The normalized spacial score (nSPS) is 12.9. The summed E-state index contributed by atoms with van der Waals surface area (Å²) in [7, 11) is 3.50. The molecule has 1 aromatic carbocycles. The average Bonchev–Trinajstić information content (AvgIpc) is 2.44. The third kappa shape index (κ3) is 5.38. The number of nitrogens with zero attached hydrogens (tertiary/aromatic N) is 1. The Bertz CT molecular complexity index is 466. The quantitative estimate of drug-likeness (QED) is 0.876. The largest absolute Gasteiger partial charge is 0.496 e. The number of nitrogens with one attached hydrogen (secondary N) is 1. The first-order valence-corrected chi connectivity index (χ1v) is 7.40. The highest BCUT2D eigenvalue weighted by molar-refractivity contribution is 5.76. The minimum atomic E-state index is -0.0108. The monoisotopic (exact) mass is 292 g/mol. The number of amides is 1. The molecule has 0 spiro atoms. The highest BCUT2D eigenvalue weighted by Crippen LogP contribution is 2.28. The molecule has 1 atom stereocenters. The lowest BCUT2D eigenvalue weighted by atomic mass is 10.1. The molecule has 4 heteroatoms. The summed E-state index contributed by atoms with van der Waals surface area (Å²) in [4.78, 5) is 14.1. The number of benzene rings is 1. The summed E-state index contributed by atoms with van der Waals surface area (Å²) in [6.07, 6.45) is 0.493. The maximum Gasteiger partial charge on any atom is 0.224 e. The van der Waals surface area contributed by atoms with Gasteiger partial charge in [0.05, 0.1) is 13.2 Å². The van der Waals surface area contributed by atoms with Gasteiger partial charge in [0.2, 0.25) is 5.91 Å². The van der Waals surface area contributed by atoms with E-state index in [-0.39, 0.29) is 17.5 Å². The van der Waals surface area contributed by atoms with Gasteiger partial charge in [-0.15, -0.1) is 0 Å². The van der Waals surface area contributed by atoms with Crippen LogP contribution in [0.15, 0.2) is 24.3 Å². The van der Waals surface area contributed by atoms with Gasteiger partial charge in [-0.1, -0.05) is 18.2 Å². The van der Waals surface area contributed by atoms with Gasteiger partial charge in [-0.25, -0.2) is 0 Å². The molecule has 0 aromatic heterocycles. The maximum absolute atomic E-state index is 12.3. The summed E-state index contributed by atoms with van der Waals surface area (Å²) in [5.41, 5.74) is 1.06. The number of para-hydroxylation sites is 1. The van der Waals surface area contributed by atoms with Crippen LogP contribution in [-0.4, -0.2) is 37.0 Å². The van der Waals surface area contributed by atoms with E-state index in [1.807, 2.05) is 38.2 Å². The number of carbonyl (C=O) groups is 1. The molecule has 1 rings (SSSR count). The van der Waals surface area contributed by atoms with Crippen LogP contribution in [0, 0.1) is 0 Å². The van der Waals surface area contributed by atoms with E-state index in [2.05, 4.69) is 26.1 Å². The van der Waals surface area contributed by atoms with Crippen LogP contribution in [0.3, 0.4) is 0 Å². The van der Waals surface area contributed by atoms with Crippen molar-refractivity contribution in [2.24, 2.45) is 0 Å². The molecule has 0 radical (unpaired) electrons. The molecule has 0 aliphatic rings. The van der Waals surface area contributed by atoms with Gasteiger partial charge in [-0.2, -0.15) is 0 Å². The summed E-state index contributed by atoms with van der Waals surface area (Å²) in [6, 6.07) is 7.81.